The summed E-state index contributed by atoms with van der Waals surface area (Å²) in [5.74, 6) is -0.0525. The Hall–Kier alpha value is -1.97. The van der Waals surface area contributed by atoms with Gasteiger partial charge in [-0.3, -0.25) is 0 Å². The third-order valence-corrected chi connectivity index (χ3v) is 1.90. The average molecular weight is 203 g/mol. The molecule has 1 aromatic carbocycles. The maximum absolute atomic E-state index is 12.9. The highest BCUT2D eigenvalue weighted by Gasteiger charge is 2.08. The number of nitrogens with zero attached hydrogens (tertiary/aromatic N) is 2. The third-order valence-electron chi connectivity index (χ3n) is 1.90. The highest BCUT2D eigenvalue weighted by molar-refractivity contribution is 5.63. The van der Waals surface area contributed by atoms with E-state index in [-0.39, 0.29) is 0 Å². The number of methoxy groups -OCH3 is 1. The van der Waals surface area contributed by atoms with Crippen LogP contribution in [0.25, 0.3) is 11.3 Å². The molecule has 0 saturated carbocycles. The van der Waals surface area contributed by atoms with Gasteiger partial charge >= 0.3 is 0 Å². The predicted molar refractivity (Wildman–Crippen MR) is 52.8 cm³/mol. The molecule has 2 aromatic rings. The van der Waals surface area contributed by atoms with Gasteiger partial charge in [-0.25, -0.2) is 14.4 Å². The summed E-state index contributed by atoms with van der Waals surface area (Å²) in [6.45, 7) is 0. The highest BCUT2D eigenvalue weighted by atomic mass is 19.1. The van der Waals surface area contributed by atoms with E-state index in [2.05, 4.69) is 16.0 Å². The number of halogens is 1. The van der Waals surface area contributed by atoms with Crippen LogP contribution in [0.1, 0.15) is 0 Å². The number of hydrogen-bond donors (Lipinski definition) is 0. The fourth-order valence-corrected chi connectivity index (χ4v) is 1.26. The SMILES string of the molecule is COc1nccnc1-c1cc[c]c(F)c1. The molecule has 0 atom stereocenters. The summed E-state index contributed by atoms with van der Waals surface area (Å²) in [4.78, 5) is 8.08. The van der Waals surface area contributed by atoms with Gasteiger partial charge in [0.2, 0.25) is 5.88 Å². The van der Waals surface area contributed by atoms with Crippen LogP contribution in [-0.2, 0) is 0 Å². The second kappa shape index (κ2) is 4.04. The van der Waals surface area contributed by atoms with Gasteiger partial charge < -0.3 is 4.74 Å². The molecule has 0 bridgehead atoms. The van der Waals surface area contributed by atoms with E-state index in [4.69, 9.17) is 4.74 Å². The van der Waals surface area contributed by atoms with Crippen LogP contribution in [0.2, 0.25) is 0 Å². The maximum Gasteiger partial charge on any atom is 0.240 e. The van der Waals surface area contributed by atoms with Crippen LogP contribution in [0.4, 0.5) is 4.39 Å². The molecule has 3 nitrogen and oxygen atoms in total. The summed E-state index contributed by atoms with van der Waals surface area (Å²) < 4.78 is 18.0. The van der Waals surface area contributed by atoms with Crippen molar-refractivity contribution in [3.8, 4) is 17.1 Å². The summed E-state index contributed by atoms with van der Waals surface area (Å²) >= 11 is 0. The summed E-state index contributed by atoms with van der Waals surface area (Å²) in [6, 6.07) is 6.97. The fourth-order valence-electron chi connectivity index (χ4n) is 1.26. The Kier molecular flexibility index (Phi) is 2.58. The Morgan fingerprint density at radius 3 is 2.87 bits per heavy atom. The summed E-state index contributed by atoms with van der Waals surface area (Å²) in [6.07, 6.45) is 3.06. The van der Waals surface area contributed by atoms with Gasteiger partial charge in [0.1, 0.15) is 11.5 Å². The molecule has 0 aliphatic rings. The molecule has 0 fully saturated rings. The van der Waals surface area contributed by atoms with Gasteiger partial charge in [0.25, 0.3) is 0 Å². The maximum atomic E-state index is 12.9. The molecule has 0 saturated heterocycles. The van der Waals surface area contributed by atoms with Crippen molar-refractivity contribution in [3.05, 3.63) is 42.5 Å². The number of aromatic nitrogens is 2. The van der Waals surface area contributed by atoms with Crippen molar-refractivity contribution < 1.29 is 9.13 Å². The Morgan fingerprint density at radius 2 is 2.13 bits per heavy atom. The highest BCUT2D eigenvalue weighted by Crippen LogP contribution is 2.24. The van der Waals surface area contributed by atoms with Gasteiger partial charge in [-0.2, -0.15) is 0 Å². The van der Waals surface area contributed by atoms with E-state index in [1.165, 1.54) is 31.6 Å². The van der Waals surface area contributed by atoms with Crippen LogP contribution >= 0.6 is 0 Å². The van der Waals surface area contributed by atoms with Gasteiger partial charge in [-0.1, -0.05) is 12.1 Å². The Morgan fingerprint density at radius 1 is 1.33 bits per heavy atom. The molecular formula is C11H8FN2O. The minimum atomic E-state index is -0.430. The molecule has 75 valence electrons. The van der Waals surface area contributed by atoms with E-state index >= 15 is 0 Å². The Bertz CT molecular complexity index is 474. The van der Waals surface area contributed by atoms with E-state index in [1.54, 1.807) is 6.07 Å². The molecule has 1 heterocycles. The number of rotatable bonds is 2. The largest absolute Gasteiger partial charge is 0.479 e. The zero-order valence-corrected chi connectivity index (χ0v) is 8.07. The lowest BCUT2D eigenvalue weighted by molar-refractivity contribution is 0.397. The lowest BCUT2D eigenvalue weighted by Crippen LogP contribution is -1.93. The van der Waals surface area contributed by atoms with Gasteiger partial charge in [0.05, 0.1) is 7.11 Å². The zero-order chi connectivity index (χ0) is 10.7. The molecule has 0 amide bonds. The molecule has 0 aliphatic heterocycles. The third kappa shape index (κ3) is 1.93. The van der Waals surface area contributed by atoms with E-state index < -0.39 is 5.82 Å². The first-order valence-corrected chi connectivity index (χ1v) is 4.34. The molecule has 4 heteroatoms. The quantitative estimate of drug-likeness (QED) is 0.749. The van der Waals surface area contributed by atoms with Crippen molar-refractivity contribution >= 4 is 0 Å². The average Bonchev–Trinajstić information content (AvgIpc) is 2.29. The fraction of sp³-hybridized carbons (Fsp3) is 0.0909. The second-order valence-corrected chi connectivity index (χ2v) is 2.84. The van der Waals surface area contributed by atoms with E-state index in [1.807, 2.05) is 0 Å². The van der Waals surface area contributed by atoms with Crippen molar-refractivity contribution in [3.63, 3.8) is 0 Å². The topological polar surface area (TPSA) is 35.0 Å². The van der Waals surface area contributed by atoms with Gasteiger partial charge in [-0.05, 0) is 6.07 Å². The summed E-state index contributed by atoms with van der Waals surface area (Å²) in [5, 5.41) is 0. The normalized spacial score (nSPS) is 10.0. The number of hydrogen-bond acceptors (Lipinski definition) is 3. The molecule has 0 spiro atoms. The van der Waals surface area contributed by atoms with Crippen molar-refractivity contribution in [1.29, 1.82) is 0 Å². The van der Waals surface area contributed by atoms with Crippen molar-refractivity contribution in [2.45, 2.75) is 0 Å². The standard InChI is InChI=1S/C11H8FN2O/c1-15-11-10(13-5-6-14-11)8-3-2-4-9(12)7-8/h2-3,5-7H,1H3. The Balaban J connectivity index is 2.53. The van der Waals surface area contributed by atoms with Crippen LogP contribution in [-0.4, -0.2) is 17.1 Å². The zero-order valence-electron chi connectivity index (χ0n) is 8.07. The lowest BCUT2D eigenvalue weighted by Gasteiger charge is -2.05. The van der Waals surface area contributed by atoms with Crippen molar-refractivity contribution in [1.82, 2.24) is 9.97 Å². The molecule has 1 aromatic heterocycles. The molecule has 15 heavy (non-hydrogen) atoms. The first-order valence-electron chi connectivity index (χ1n) is 4.34. The lowest BCUT2D eigenvalue weighted by atomic mass is 10.1. The van der Waals surface area contributed by atoms with Crippen LogP contribution in [0, 0.1) is 11.9 Å². The number of benzene rings is 1. The molecular weight excluding hydrogens is 195 g/mol. The minimum absolute atomic E-state index is 0.378. The van der Waals surface area contributed by atoms with Crippen molar-refractivity contribution in [2.75, 3.05) is 7.11 Å². The van der Waals surface area contributed by atoms with E-state index in [0.29, 0.717) is 17.1 Å². The summed E-state index contributed by atoms with van der Waals surface area (Å²) in [7, 11) is 1.50. The van der Waals surface area contributed by atoms with Crippen LogP contribution in [0.3, 0.4) is 0 Å². The second-order valence-electron chi connectivity index (χ2n) is 2.84. The van der Waals surface area contributed by atoms with E-state index in [0.717, 1.165) is 0 Å². The summed E-state index contributed by atoms with van der Waals surface area (Å²) in [5.41, 5.74) is 1.14. The smallest absolute Gasteiger partial charge is 0.240 e. The van der Waals surface area contributed by atoms with E-state index in [9.17, 15) is 4.39 Å². The Labute approximate surface area is 86.6 Å². The first kappa shape index (κ1) is 9.58. The molecule has 2 rings (SSSR count). The molecule has 0 aliphatic carbocycles. The van der Waals surface area contributed by atoms with Gasteiger partial charge in [0, 0.05) is 24.0 Å². The minimum Gasteiger partial charge on any atom is -0.479 e. The number of ether oxygens (including phenoxy) is 1. The van der Waals surface area contributed by atoms with Gasteiger partial charge in [0.15, 0.2) is 0 Å². The van der Waals surface area contributed by atoms with Crippen molar-refractivity contribution in [2.24, 2.45) is 0 Å². The predicted octanol–water partition coefficient (Wildman–Crippen LogP) is 2.09. The molecule has 0 N–H and O–H groups in total. The van der Waals surface area contributed by atoms with Crippen LogP contribution in [0.15, 0.2) is 30.6 Å². The first-order chi connectivity index (χ1) is 7.31. The van der Waals surface area contributed by atoms with Gasteiger partial charge in [-0.15, -0.1) is 0 Å². The molecule has 1 radical (unpaired) electrons. The molecule has 0 unspecified atom stereocenters. The monoisotopic (exact) mass is 203 g/mol. The van der Waals surface area contributed by atoms with Crippen LogP contribution in [0.5, 0.6) is 5.88 Å². The van der Waals surface area contributed by atoms with Crippen LogP contribution < -0.4 is 4.74 Å².